The van der Waals surface area contributed by atoms with Gasteiger partial charge in [0.15, 0.2) is 0 Å². The van der Waals surface area contributed by atoms with Gasteiger partial charge >= 0.3 is 0 Å². The number of hydrogen-bond donors (Lipinski definition) is 1. The molecule has 0 atom stereocenters. The first-order chi connectivity index (χ1) is 10.1. The first kappa shape index (κ1) is 14.0. The summed E-state index contributed by atoms with van der Waals surface area (Å²) >= 11 is 10.9. The fraction of sp³-hybridized carbons (Fsp3) is 0.0625. The minimum absolute atomic E-state index is 0.132. The highest BCUT2D eigenvalue weighted by molar-refractivity contribution is 7.80. The van der Waals surface area contributed by atoms with Crippen LogP contribution < -0.4 is 5.73 Å². The third-order valence-corrected chi connectivity index (χ3v) is 3.96. The zero-order chi connectivity index (χ0) is 15.0. The molecule has 2 N–H and O–H groups in total. The van der Waals surface area contributed by atoms with E-state index in [0.29, 0.717) is 17.1 Å². The molecule has 3 rings (SSSR count). The summed E-state index contributed by atoms with van der Waals surface area (Å²) in [4.78, 5) is 0.354. The number of aromatic nitrogens is 1. The Bertz CT molecular complexity index is 841. The molecule has 5 heteroatoms. The molecule has 21 heavy (non-hydrogen) atoms. The van der Waals surface area contributed by atoms with Crippen LogP contribution in [0.4, 0.5) is 4.39 Å². The Morgan fingerprint density at radius 3 is 2.71 bits per heavy atom. The van der Waals surface area contributed by atoms with Gasteiger partial charge in [-0.2, -0.15) is 0 Å². The van der Waals surface area contributed by atoms with Crippen LogP contribution in [-0.2, 0) is 6.54 Å². The largest absolute Gasteiger partial charge is 0.389 e. The molecule has 2 aromatic carbocycles. The molecule has 3 aromatic rings. The van der Waals surface area contributed by atoms with Crippen LogP contribution in [0, 0.1) is 5.82 Å². The molecule has 1 aromatic heterocycles. The van der Waals surface area contributed by atoms with E-state index in [-0.39, 0.29) is 10.8 Å². The van der Waals surface area contributed by atoms with E-state index in [1.54, 1.807) is 18.2 Å². The van der Waals surface area contributed by atoms with E-state index in [0.717, 1.165) is 16.5 Å². The highest BCUT2D eigenvalue weighted by atomic mass is 35.5. The molecular weight excluding hydrogens is 307 g/mol. The molecule has 0 fully saturated rings. The van der Waals surface area contributed by atoms with Crippen molar-refractivity contribution in [3.63, 3.8) is 0 Å². The smallest absolute Gasteiger partial charge is 0.146 e. The quantitative estimate of drug-likeness (QED) is 0.737. The fourth-order valence-corrected chi connectivity index (χ4v) is 2.80. The second kappa shape index (κ2) is 5.47. The van der Waals surface area contributed by atoms with Crippen LogP contribution >= 0.6 is 23.8 Å². The fourth-order valence-electron chi connectivity index (χ4n) is 2.43. The molecule has 0 bridgehead atoms. The lowest BCUT2D eigenvalue weighted by Gasteiger charge is -2.08. The van der Waals surface area contributed by atoms with Crippen LogP contribution in [0.25, 0.3) is 10.9 Å². The summed E-state index contributed by atoms with van der Waals surface area (Å²) in [6.07, 6.45) is 1.90. The number of benzene rings is 2. The van der Waals surface area contributed by atoms with Crippen LogP contribution in [0.2, 0.25) is 5.02 Å². The molecule has 0 saturated carbocycles. The van der Waals surface area contributed by atoms with Gasteiger partial charge in [-0.25, -0.2) is 4.39 Å². The highest BCUT2D eigenvalue weighted by Gasteiger charge is 2.10. The SMILES string of the molecule is NC(=S)c1cccc2c1ccn2Cc1cccc(Cl)c1F. The molecule has 0 saturated heterocycles. The first-order valence-corrected chi connectivity index (χ1v) is 7.17. The van der Waals surface area contributed by atoms with E-state index in [4.69, 9.17) is 29.6 Å². The van der Waals surface area contributed by atoms with Gasteiger partial charge < -0.3 is 10.3 Å². The molecular formula is C16H12ClFN2S. The third-order valence-electron chi connectivity index (χ3n) is 3.45. The Hall–Kier alpha value is -1.91. The maximum Gasteiger partial charge on any atom is 0.146 e. The predicted molar refractivity (Wildman–Crippen MR) is 88.3 cm³/mol. The summed E-state index contributed by atoms with van der Waals surface area (Å²) in [5.41, 5.74) is 8.06. The highest BCUT2D eigenvalue weighted by Crippen LogP contribution is 2.23. The van der Waals surface area contributed by atoms with E-state index >= 15 is 0 Å². The molecule has 106 valence electrons. The summed E-state index contributed by atoms with van der Waals surface area (Å²) in [7, 11) is 0. The Morgan fingerprint density at radius 1 is 1.19 bits per heavy atom. The average Bonchev–Trinajstić information content (AvgIpc) is 2.87. The van der Waals surface area contributed by atoms with Gasteiger partial charge in [-0.3, -0.25) is 0 Å². The molecule has 1 heterocycles. The summed E-state index contributed by atoms with van der Waals surface area (Å²) in [6, 6.07) is 12.7. The van der Waals surface area contributed by atoms with Crippen LogP contribution in [0.15, 0.2) is 48.7 Å². The number of fused-ring (bicyclic) bond motifs is 1. The summed E-state index contributed by atoms with van der Waals surface area (Å²) < 4.78 is 16.0. The van der Waals surface area contributed by atoms with Crippen molar-refractivity contribution in [2.45, 2.75) is 6.54 Å². The van der Waals surface area contributed by atoms with Gasteiger partial charge in [0.1, 0.15) is 10.8 Å². The summed E-state index contributed by atoms with van der Waals surface area (Å²) in [5, 5.41) is 1.10. The van der Waals surface area contributed by atoms with Crippen molar-refractivity contribution in [3.05, 3.63) is 70.6 Å². The zero-order valence-corrected chi connectivity index (χ0v) is 12.6. The van der Waals surface area contributed by atoms with Crippen LogP contribution in [-0.4, -0.2) is 9.56 Å². The molecule has 0 radical (unpaired) electrons. The standard InChI is InChI=1S/C16H12ClFN2S/c17-13-5-1-3-10(15(13)18)9-20-8-7-11-12(16(19)21)4-2-6-14(11)20/h1-8H,9H2,(H2,19,21). The van der Waals surface area contributed by atoms with Gasteiger partial charge in [0.2, 0.25) is 0 Å². The maximum absolute atomic E-state index is 14.0. The lowest BCUT2D eigenvalue weighted by molar-refractivity contribution is 0.602. The Labute approximate surface area is 131 Å². The Morgan fingerprint density at radius 2 is 1.95 bits per heavy atom. The Balaban J connectivity index is 2.08. The van der Waals surface area contributed by atoms with Crippen molar-refractivity contribution in [3.8, 4) is 0 Å². The number of halogens is 2. The van der Waals surface area contributed by atoms with Gasteiger partial charge in [-0.15, -0.1) is 0 Å². The minimum atomic E-state index is -0.383. The molecule has 0 aliphatic carbocycles. The predicted octanol–water partition coefficient (Wildman–Crippen LogP) is 4.12. The lowest BCUT2D eigenvalue weighted by atomic mass is 10.1. The second-order valence-electron chi connectivity index (χ2n) is 4.76. The van der Waals surface area contributed by atoms with Gasteiger partial charge in [0.05, 0.1) is 11.6 Å². The van der Waals surface area contributed by atoms with Crippen LogP contribution in [0.3, 0.4) is 0 Å². The zero-order valence-electron chi connectivity index (χ0n) is 11.0. The van der Waals surface area contributed by atoms with Crippen LogP contribution in [0.5, 0.6) is 0 Å². The van der Waals surface area contributed by atoms with E-state index in [1.165, 1.54) is 0 Å². The summed E-state index contributed by atoms with van der Waals surface area (Å²) in [5.74, 6) is -0.383. The Kier molecular flexibility index (Phi) is 3.66. The van der Waals surface area contributed by atoms with E-state index in [9.17, 15) is 4.39 Å². The molecule has 0 spiro atoms. The van der Waals surface area contributed by atoms with Crippen molar-refractivity contribution >= 4 is 39.7 Å². The van der Waals surface area contributed by atoms with Crippen molar-refractivity contribution in [2.24, 2.45) is 5.73 Å². The number of thiocarbonyl (C=S) groups is 1. The van der Waals surface area contributed by atoms with Crippen LogP contribution in [0.1, 0.15) is 11.1 Å². The number of nitrogens with zero attached hydrogens (tertiary/aromatic N) is 1. The first-order valence-electron chi connectivity index (χ1n) is 6.38. The second-order valence-corrected chi connectivity index (χ2v) is 5.61. The van der Waals surface area contributed by atoms with E-state index in [1.807, 2.05) is 35.0 Å². The average molecular weight is 319 g/mol. The molecule has 0 unspecified atom stereocenters. The maximum atomic E-state index is 14.0. The molecule has 2 nitrogen and oxygen atoms in total. The number of nitrogens with two attached hydrogens (primary N) is 1. The topological polar surface area (TPSA) is 30.9 Å². The third kappa shape index (κ3) is 2.52. The van der Waals surface area contributed by atoms with Gasteiger partial charge in [-0.1, -0.05) is 48.1 Å². The van der Waals surface area contributed by atoms with Crippen molar-refractivity contribution in [1.29, 1.82) is 0 Å². The normalized spacial score (nSPS) is 11.0. The van der Waals surface area contributed by atoms with Gasteiger partial charge in [0.25, 0.3) is 0 Å². The van der Waals surface area contributed by atoms with Crippen molar-refractivity contribution in [1.82, 2.24) is 4.57 Å². The lowest BCUT2D eigenvalue weighted by Crippen LogP contribution is -2.09. The monoisotopic (exact) mass is 318 g/mol. The molecule has 0 aliphatic rings. The molecule has 0 amide bonds. The van der Waals surface area contributed by atoms with Gasteiger partial charge in [0, 0.05) is 28.2 Å². The van der Waals surface area contributed by atoms with E-state index < -0.39 is 0 Å². The number of hydrogen-bond acceptors (Lipinski definition) is 1. The van der Waals surface area contributed by atoms with Gasteiger partial charge in [-0.05, 0) is 18.2 Å². The van der Waals surface area contributed by atoms with Crippen molar-refractivity contribution in [2.75, 3.05) is 0 Å². The number of rotatable bonds is 3. The minimum Gasteiger partial charge on any atom is -0.389 e. The summed E-state index contributed by atoms with van der Waals surface area (Å²) in [6.45, 7) is 0.399. The van der Waals surface area contributed by atoms with Crippen molar-refractivity contribution < 1.29 is 4.39 Å². The molecule has 0 aliphatic heterocycles. The van der Waals surface area contributed by atoms with E-state index in [2.05, 4.69) is 0 Å².